The average molecular weight is 290 g/mol. The molecule has 1 atom stereocenters. The van der Waals surface area contributed by atoms with Gasteiger partial charge in [-0.05, 0) is 42.7 Å². The maximum atomic E-state index is 9.19. The molecule has 0 spiro atoms. The van der Waals surface area contributed by atoms with Crippen molar-refractivity contribution in [3.05, 3.63) is 28.7 Å². The minimum atomic E-state index is 0.152. The fraction of sp³-hybridized carbons (Fsp3) is 0.455. The van der Waals surface area contributed by atoms with Gasteiger partial charge in [0.2, 0.25) is 0 Å². The van der Waals surface area contributed by atoms with Gasteiger partial charge >= 0.3 is 0 Å². The second kappa shape index (κ2) is 7.14. The van der Waals surface area contributed by atoms with E-state index in [0.29, 0.717) is 0 Å². The third-order valence-electron chi connectivity index (χ3n) is 2.11. The normalized spacial score (nSPS) is 12.5. The standard InChI is InChI=1S/C11H16BrNOS/c1-15-7-6-11(8-14)13-10-4-2-9(12)3-5-10/h2-5,11,13-14H,6-8H2,1H3. The van der Waals surface area contributed by atoms with Crippen molar-refractivity contribution in [2.24, 2.45) is 0 Å². The number of hydrogen-bond acceptors (Lipinski definition) is 3. The van der Waals surface area contributed by atoms with Crippen LogP contribution < -0.4 is 5.32 Å². The summed E-state index contributed by atoms with van der Waals surface area (Å²) in [5.41, 5.74) is 1.05. The molecule has 0 heterocycles. The molecule has 0 bridgehead atoms. The number of aliphatic hydroxyl groups excluding tert-OH is 1. The molecule has 2 N–H and O–H groups in total. The van der Waals surface area contributed by atoms with Crippen LogP contribution in [-0.4, -0.2) is 29.8 Å². The number of anilines is 1. The summed E-state index contributed by atoms with van der Waals surface area (Å²) < 4.78 is 1.07. The third kappa shape index (κ3) is 4.91. The van der Waals surface area contributed by atoms with Gasteiger partial charge in [-0.1, -0.05) is 15.9 Å². The summed E-state index contributed by atoms with van der Waals surface area (Å²) in [6.07, 6.45) is 3.06. The van der Waals surface area contributed by atoms with Gasteiger partial charge in [0, 0.05) is 16.2 Å². The van der Waals surface area contributed by atoms with Crippen LogP contribution in [0.5, 0.6) is 0 Å². The van der Waals surface area contributed by atoms with Crippen molar-refractivity contribution in [1.29, 1.82) is 0 Å². The van der Waals surface area contributed by atoms with Crippen molar-refractivity contribution in [3.8, 4) is 0 Å². The Morgan fingerprint density at radius 3 is 2.60 bits per heavy atom. The molecule has 1 unspecified atom stereocenters. The zero-order valence-electron chi connectivity index (χ0n) is 8.74. The highest BCUT2D eigenvalue weighted by Gasteiger charge is 2.05. The number of hydrogen-bond donors (Lipinski definition) is 2. The molecule has 2 nitrogen and oxygen atoms in total. The van der Waals surface area contributed by atoms with Crippen LogP contribution in [0.1, 0.15) is 6.42 Å². The number of aliphatic hydroxyl groups is 1. The first kappa shape index (κ1) is 12.9. The lowest BCUT2D eigenvalue weighted by molar-refractivity contribution is 0.272. The van der Waals surface area contributed by atoms with Crippen LogP contribution >= 0.6 is 27.7 Å². The molecule has 0 saturated carbocycles. The monoisotopic (exact) mass is 289 g/mol. The van der Waals surface area contributed by atoms with Crippen molar-refractivity contribution < 1.29 is 5.11 Å². The molecule has 84 valence electrons. The second-order valence-corrected chi connectivity index (χ2v) is 5.21. The SMILES string of the molecule is CSCCC(CO)Nc1ccc(Br)cc1. The molecule has 0 aliphatic heterocycles. The molecule has 0 aromatic heterocycles. The summed E-state index contributed by atoms with van der Waals surface area (Å²) >= 11 is 5.19. The Morgan fingerprint density at radius 2 is 2.07 bits per heavy atom. The van der Waals surface area contributed by atoms with Crippen LogP contribution in [0.3, 0.4) is 0 Å². The predicted molar refractivity (Wildman–Crippen MR) is 71.6 cm³/mol. The van der Waals surface area contributed by atoms with E-state index in [1.807, 2.05) is 24.3 Å². The summed E-state index contributed by atoms with van der Waals surface area (Å²) in [4.78, 5) is 0. The minimum absolute atomic E-state index is 0.152. The first-order valence-corrected chi connectivity index (χ1v) is 7.07. The van der Waals surface area contributed by atoms with E-state index in [2.05, 4.69) is 27.5 Å². The molecule has 1 rings (SSSR count). The Balaban J connectivity index is 2.47. The van der Waals surface area contributed by atoms with Gasteiger partial charge in [0.15, 0.2) is 0 Å². The van der Waals surface area contributed by atoms with Gasteiger partial charge in [-0.25, -0.2) is 0 Å². The number of halogens is 1. The molecule has 0 fully saturated rings. The minimum Gasteiger partial charge on any atom is -0.394 e. The second-order valence-electron chi connectivity index (χ2n) is 3.31. The molecular weight excluding hydrogens is 274 g/mol. The van der Waals surface area contributed by atoms with E-state index < -0.39 is 0 Å². The lowest BCUT2D eigenvalue weighted by Gasteiger charge is -2.16. The van der Waals surface area contributed by atoms with E-state index in [4.69, 9.17) is 0 Å². The highest BCUT2D eigenvalue weighted by Crippen LogP contribution is 2.15. The summed E-state index contributed by atoms with van der Waals surface area (Å²) in [5, 5.41) is 12.5. The lowest BCUT2D eigenvalue weighted by Crippen LogP contribution is -2.24. The van der Waals surface area contributed by atoms with Crippen LogP contribution in [0.2, 0.25) is 0 Å². The average Bonchev–Trinajstić information content (AvgIpc) is 2.27. The van der Waals surface area contributed by atoms with Crippen molar-refractivity contribution >= 4 is 33.4 Å². The zero-order chi connectivity index (χ0) is 11.1. The number of thioether (sulfide) groups is 1. The first-order chi connectivity index (χ1) is 7.26. The van der Waals surface area contributed by atoms with Crippen LogP contribution in [0.4, 0.5) is 5.69 Å². The van der Waals surface area contributed by atoms with Crippen molar-refractivity contribution in [2.75, 3.05) is 23.9 Å². The van der Waals surface area contributed by atoms with Crippen molar-refractivity contribution in [3.63, 3.8) is 0 Å². The van der Waals surface area contributed by atoms with Crippen molar-refractivity contribution in [1.82, 2.24) is 0 Å². The molecule has 4 heteroatoms. The van der Waals surface area contributed by atoms with Crippen LogP contribution in [0.15, 0.2) is 28.7 Å². The molecular formula is C11H16BrNOS. The van der Waals surface area contributed by atoms with E-state index in [1.54, 1.807) is 11.8 Å². The Morgan fingerprint density at radius 1 is 1.40 bits per heavy atom. The van der Waals surface area contributed by atoms with E-state index >= 15 is 0 Å². The van der Waals surface area contributed by atoms with Gasteiger partial charge in [0.05, 0.1) is 6.61 Å². The molecule has 1 aromatic rings. The predicted octanol–water partition coefficient (Wildman–Crippen LogP) is 2.98. The van der Waals surface area contributed by atoms with E-state index in [-0.39, 0.29) is 12.6 Å². The number of nitrogens with one attached hydrogen (secondary N) is 1. The maximum absolute atomic E-state index is 9.19. The summed E-state index contributed by atoms with van der Waals surface area (Å²) in [5.74, 6) is 1.06. The molecule has 15 heavy (non-hydrogen) atoms. The first-order valence-electron chi connectivity index (χ1n) is 4.88. The largest absolute Gasteiger partial charge is 0.394 e. The molecule has 1 aromatic carbocycles. The fourth-order valence-electron chi connectivity index (χ4n) is 1.25. The number of rotatable bonds is 6. The lowest BCUT2D eigenvalue weighted by atomic mass is 10.2. The van der Waals surface area contributed by atoms with E-state index in [9.17, 15) is 5.11 Å². The van der Waals surface area contributed by atoms with Gasteiger partial charge in [-0.15, -0.1) is 0 Å². The maximum Gasteiger partial charge on any atom is 0.0633 e. The van der Waals surface area contributed by atoms with E-state index in [1.165, 1.54) is 0 Å². The highest BCUT2D eigenvalue weighted by atomic mass is 79.9. The Labute approximate surface area is 104 Å². The fourth-order valence-corrected chi connectivity index (χ4v) is 2.04. The Bertz CT molecular complexity index is 278. The van der Waals surface area contributed by atoms with Gasteiger partial charge in [-0.2, -0.15) is 11.8 Å². The Kier molecular flexibility index (Phi) is 6.13. The smallest absolute Gasteiger partial charge is 0.0633 e. The highest BCUT2D eigenvalue weighted by molar-refractivity contribution is 9.10. The summed E-state index contributed by atoms with van der Waals surface area (Å²) in [7, 11) is 0. The Hall–Kier alpha value is -0.190. The molecule has 0 saturated heterocycles. The van der Waals surface area contributed by atoms with Gasteiger partial charge < -0.3 is 10.4 Å². The van der Waals surface area contributed by atoms with Gasteiger partial charge in [-0.3, -0.25) is 0 Å². The zero-order valence-corrected chi connectivity index (χ0v) is 11.1. The molecule has 0 radical (unpaired) electrons. The van der Waals surface area contributed by atoms with Crippen LogP contribution in [-0.2, 0) is 0 Å². The molecule has 0 aliphatic carbocycles. The molecule has 0 aliphatic rings. The topological polar surface area (TPSA) is 32.3 Å². The van der Waals surface area contributed by atoms with Gasteiger partial charge in [0.1, 0.15) is 0 Å². The van der Waals surface area contributed by atoms with Gasteiger partial charge in [0.25, 0.3) is 0 Å². The quantitative estimate of drug-likeness (QED) is 0.845. The van der Waals surface area contributed by atoms with Crippen molar-refractivity contribution in [2.45, 2.75) is 12.5 Å². The molecule has 0 amide bonds. The van der Waals surface area contributed by atoms with E-state index in [0.717, 1.165) is 22.3 Å². The number of benzene rings is 1. The summed E-state index contributed by atoms with van der Waals surface area (Å²) in [6, 6.07) is 8.15. The van der Waals surface area contributed by atoms with Crippen LogP contribution in [0.25, 0.3) is 0 Å². The third-order valence-corrected chi connectivity index (χ3v) is 3.28. The summed E-state index contributed by atoms with van der Waals surface area (Å²) in [6.45, 7) is 0.177. The van der Waals surface area contributed by atoms with Crippen LogP contribution in [0, 0.1) is 0 Å².